The number of carbonyl (C=O) groups is 2. The normalized spacial score (nSPS) is 15.8. The number of nitrogens with one attached hydrogen (secondary N) is 1. The van der Waals surface area contributed by atoms with Gasteiger partial charge in [-0.1, -0.05) is 24.3 Å². The third-order valence-corrected chi connectivity index (χ3v) is 2.94. The quantitative estimate of drug-likeness (QED) is 0.788. The first kappa shape index (κ1) is 12.4. The molecule has 0 saturated carbocycles. The molecule has 2 rings (SSSR count). The van der Waals surface area contributed by atoms with Crippen molar-refractivity contribution in [3.63, 3.8) is 0 Å². The van der Waals surface area contributed by atoms with Crippen LogP contribution < -0.4 is 5.32 Å². The number of hydrogen-bond acceptors (Lipinski definition) is 2. The summed E-state index contributed by atoms with van der Waals surface area (Å²) in [7, 11) is 0. The van der Waals surface area contributed by atoms with Gasteiger partial charge in [-0.05, 0) is 24.1 Å². The summed E-state index contributed by atoms with van der Waals surface area (Å²) in [6.45, 7) is 3.25. The van der Waals surface area contributed by atoms with Gasteiger partial charge in [0.05, 0.1) is 6.54 Å². The van der Waals surface area contributed by atoms with E-state index in [1.54, 1.807) is 11.0 Å². The average molecular weight is 244 g/mol. The van der Waals surface area contributed by atoms with E-state index in [1.165, 1.54) is 6.08 Å². The molecular weight excluding hydrogens is 228 g/mol. The molecule has 1 aliphatic heterocycles. The van der Waals surface area contributed by atoms with Crippen molar-refractivity contribution < 1.29 is 9.59 Å². The molecule has 0 unspecified atom stereocenters. The van der Waals surface area contributed by atoms with Gasteiger partial charge in [0.1, 0.15) is 0 Å². The van der Waals surface area contributed by atoms with Gasteiger partial charge in [0.2, 0.25) is 11.8 Å². The third kappa shape index (κ3) is 2.97. The van der Waals surface area contributed by atoms with Crippen LogP contribution in [0.4, 0.5) is 0 Å². The Balaban J connectivity index is 2.03. The largest absolute Gasteiger partial charge is 0.353 e. The van der Waals surface area contributed by atoms with Crippen molar-refractivity contribution in [2.75, 3.05) is 19.6 Å². The summed E-state index contributed by atoms with van der Waals surface area (Å²) in [5, 5.41) is 2.69. The minimum Gasteiger partial charge on any atom is -0.353 e. The Hall–Kier alpha value is -2.10. The summed E-state index contributed by atoms with van der Waals surface area (Å²) in [6, 6.07) is 7.86. The van der Waals surface area contributed by atoms with Gasteiger partial charge in [-0.2, -0.15) is 0 Å². The van der Waals surface area contributed by atoms with E-state index in [2.05, 4.69) is 5.32 Å². The second-order valence-electron chi connectivity index (χ2n) is 4.30. The van der Waals surface area contributed by atoms with Crippen molar-refractivity contribution in [3.05, 3.63) is 41.5 Å². The molecule has 1 fully saturated rings. The van der Waals surface area contributed by atoms with Gasteiger partial charge in [-0.25, -0.2) is 0 Å². The molecule has 2 amide bonds. The Labute approximate surface area is 106 Å². The molecule has 1 N–H and O–H groups in total. The highest BCUT2D eigenvalue weighted by Crippen LogP contribution is 2.09. The van der Waals surface area contributed by atoms with Crippen molar-refractivity contribution in [1.82, 2.24) is 10.2 Å². The molecule has 1 aromatic rings. The van der Waals surface area contributed by atoms with Crippen LogP contribution in [0.1, 0.15) is 11.1 Å². The maximum atomic E-state index is 11.9. The Morgan fingerprint density at radius 1 is 1.39 bits per heavy atom. The van der Waals surface area contributed by atoms with Crippen LogP contribution in [0.15, 0.2) is 30.3 Å². The molecule has 0 aromatic heterocycles. The Morgan fingerprint density at radius 2 is 2.17 bits per heavy atom. The zero-order valence-corrected chi connectivity index (χ0v) is 10.3. The zero-order valence-electron chi connectivity index (χ0n) is 10.3. The van der Waals surface area contributed by atoms with Gasteiger partial charge in [0.15, 0.2) is 0 Å². The van der Waals surface area contributed by atoms with Gasteiger partial charge in [0.25, 0.3) is 0 Å². The molecule has 0 aliphatic carbocycles. The van der Waals surface area contributed by atoms with Crippen molar-refractivity contribution >= 4 is 17.9 Å². The molecule has 0 spiro atoms. The van der Waals surface area contributed by atoms with Gasteiger partial charge in [-0.15, -0.1) is 0 Å². The first-order valence-corrected chi connectivity index (χ1v) is 5.96. The molecule has 1 aliphatic rings. The zero-order chi connectivity index (χ0) is 13.0. The number of nitrogens with zero attached hydrogens (tertiary/aromatic N) is 1. The molecule has 4 heteroatoms. The lowest BCUT2D eigenvalue weighted by Gasteiger charge is -2.25. The second kappa shape index (κ2) is 5.49. The van der Waals surface area contributed by atoms with Crippen LogP contribution in [0.2, 0.25) is 0 Å². The molecule has 1 saturated heterocycles. The molecule has 18 heavy (non-hydrogen) atoms. The number of hydrogen-bond donors (Lipinski definition) is 1. The number of aryl methyl sites for hydroxylation is 1. The van der Waals surface area contributed by atoms with E-state index < -0.39 is 0 Å². The van der Waals surface area contributed by atoms with Crippen LogP contribution in [-0.4, -0.2) is 36.3 Å². The lowest BCUT2D eigenvalue weighted by atomic mass is 10.1. The summed E-state index contributed by atoms with van der Waals surface area (Å²) >= 11 is 0. The highest BCUT2D eigenvalue weighted by Gasteiger charge is 2.18. The van der Waals surface area contributed by atoms with Crippen LogP contribution in [0, 0.1) is 6.92 Å². The van der Waals surface area contributed by atoms with Gasteiger partial charge in [-0.3, -0.25) is 9.59 Å². The third-order valence-electron chi connectivity index (χ3n) is 2.94. The summed E-state index contributed by atoms with van der Waals surface area (Å²) < 4.78 is 0. The van der Waals surface area contributed by atoms with Crippen LogP contribution in [-0.2, 0) is 9.59 Å². The van der Waals surface area contributed by atoms with Crippen molar-refractivity contribution in [3.8, 4) is 0 Å². The molecule has 0 radical (unpaired) electrons. The van der Waals surface area contributed by atoms with E-state index in [4.69, 9.17) is 0 Å². The number of rotatable bonds is 2. The lowest BCUT2D eigenvalue weighted by Crippen LogP contribution is -2.49. The van der Waals surface area contributed by atoms with E-state index in [0.29, 0.717) is 13.1 Å². The first-order chi connectivity index (χ1) is 8.66. The minimum atomic E-state index is -0.117. The molecular formula is C14H16N2O2. The monoisotopic (exact) mass is 244 g/mol. The maximum Gasteiger partial charge on any atom is 0.247 e. The van der Waals surface area contributed by atoms with Crippen LogP contribution in [0.5, 0.6) is 0 Å². The Bertz CT molecular complexity index is 494. The van der Waals surface area contributed by atoms with E-state index in [1.807, 2.05) is 31.2 Å². The molecule has 0 atom stereocenters. The van der Waals surface area contributed by atoms with Gasteiger partial charge >= 0.3 is 0 Å². The van der Waals surface area contributed by atoms with Crippen LogP contribution in [0.3, 0.4) is 0 Å². The van der Waals surface area contributed by atoms with Crippen LogP contribution in [0.25, 0.3) is 6.08 Å². The van der Waals surface area contributed by atoms with E-state index in [0.717, 1.165) is 11.1 Å². The summed E-state index contributed by atoms with van der Waals surface area (Å²) in [5.41, 5.74) is 2.14. The van der Waals surface area contributed by atoms with E-state index in [-0.39, 0.29) is 18.4 Å². The summed E-state index contributed by atoms with van der Waals surface area (Å²) in [6.07, 6.45) is 3.32. The molecule has 1 aromatic carbocycles. The number of carbonyl (C=O) groups excluding carboxylic acids is 2. The SMILES string of the molecule is Cc1ccccc1C=CC(=O)N1CCNC(=O)C1. The number of piperazine rings is 1. The van der Waals surface area contributed by atoms with E-state index >= 15 is 0 Å². The smallest absolute Gasteiger partial charge is 0.247 e. The Morgan fingerprint density at radius 3 is 2.89 bits per heavy atom. The maximum absolute atomic E-state index is 11.9. The number of amides is 2. The van der Waals surface area contributed by atoms with Gasteiger partial charge < -0.3 is 10.2 Å². The molecule has 1 heterocycles. The summed E-state index contributed by atoms with van der Waals surface area (Å²) in [5.74, 6) is -0.216. The number of benzene rings is 1. The minimum absolute atomic E-state index is 0.0982. The predicted octanol–water partition coefficient (Wildman–Crippen LogP) is 0.967. The van der Waals surface area contributed by atoms with Crippen molar-refractivity contribution in [1.29, 1.82) is 0 Å². The molecule has 94 valence electrons. The average Bonchev–Trinajstić information content (AvgIpc) is 2.37. The fraction of sp³-hybridized carbons (Fsp3) is 0.286. The van der Waals surface area contributed by atoms with Crippen molar-refractivity contribution in [2.45, 2.75) is 6.92 Å². The fourth-order valence-electron chi connectivity index (χ4n) is 1.87. The van der Waals surface area contributed by atoms with Crippen molar-refractivity contribution in [2.24, 2.45) is 0 Å². The fourth-order valence-corrected chi connectivity index (χ4v) is 1.87. The summed E-state index contributed by atoms with van der Waals surface area (Å²) in [4.78, 5) is 24.6. The molecule has 0 bridgehead atoms. The van der Waals surface area contributed by atoms with E-state index in [9.17, 15) is 9.59 Å². The van der Waals surface area contributed by atoms with Gasteiger partial charge in [0, 0.05) is 19.2 Å². The second-order valence-corrected chi connectivity index (χ2v) is 4.30. The van der Waals surface area contributed by atoms with Crippen LogP contribution >= 0.6 is 0 Å². The topological polar surface area (TPSA) is 49.4 Å². The molecule has 4 nitrogen and oxygen atoms in total. The first-order valence-electron chi connectivity index (χ1n) is 5.96. The highest BCUT2D eigenvalue weighted by molar-refractivity contribution is 5.95. The lowest BCUT2D eigenvalue weighted by molar-refractivity contribution is -0.134. The highest BCUT2D eigenvalue weighted by atomic mass is 16.2. The predicted molar refractivity (Wildman–Crippen MR) is 69.8 cm³/mol. The Kier molecular flexibility index (Phi) is 3.77. The standard InChI is InChI=1S/C14H16N2O2/c1-11-4-2-3-5-12(11)6-7-14(18)16-9-8-15-13(17)10-16/h2-7H,8-10H2,1H3,(H,15,17).